The van der Waals surface area contributed by atoms with Crippen LogP contribution < -0.4 is 21.2 Å². The van der Waals surface area contributed by atoms with Crippen LogP contribution in [0.5, 0.6) is 0 Å². The van der Waals surface area contributed by atoms with Gasteiger partial charge in [-0.25, -0.2) is 0 Å². The van der Waals surface area contributed by atoms with Gasteiger partial charge in [-0.15, -0.1) is 0 Å². The number of hydrogen-bond donors (Lipinski definition) is 0. The van der Waals surface area contributed by atoms with Gasteiger partial charge in [0.15, 0.2) is 0 Å². The molecule has 0 unspecified atom stereocenters. The lowest BCUT2D eigenvalue weighted by molar-refractivity contribution is 0.161. The lowest BCUT2D eigenvalue weighted by Crippen LogP contribution is -2.41. The van der Waals surface area contributed by atoms with Gasteiger partial charge < -0.3 is 0 Å². The maximum absolute atomic E-state index is 2.80. The van der Waals surface area contributed by atoms with Crippen LogP contribution >= 0.6 is 16.1 Å². The number of hydrogen-bond acceptors (Lipinski definition) is 2. The minimum absolute atomic E-state index is 0.451. The van der Waals surface area contributed by atoms with Crippen molar-refractivity contribution in [2.24, 2.45) is 23.7 Å². The first kappa shape index (κ1) is 41.8. The van der Waals surface area contributed by atoms with Crippen LogP contribution in [0.4, 0.5) is 0 Å². The maximum atomic E-state index is 2.80. The van der Waals surface area contributed by atoms with Crippen molar-refractivity contribution in [3.05, 3.63) is 121 Å². The molecule has 56 heavy (non-hydrogen) atoms. The van der Waals surface area contributed by atoms with Crippen molar-refractivity contribution in [1.29, 1.82) is 0 Å². The van der Waals surface area contributed by atoms with E-state index in [9.17, 15) is 0 Å². The highest BCUT2D eigenvalue weighted by molar-refractivity contribution is 7.71. The van der Waals surface area contributed by atoms with Crippen molar-refractivity contribution in [2.45, 2.75) is 141 Å². The standard InChI is InChI=1S/2C26H36NP/c2*1-27(26-20-12-11-15-23(26)21-22-13-5-2-6-14-22)28(24-16-7-3-8-17-24)25-18-9-4-10-19-25/h2*3-4,7-10,16-19,22-23,26H,2,5-6,11-15,20-21H2,1H3/t2*23-,26+/m10/s1. The molecule has 4 aromatic rings. The minimum Gasteiger partial charge on any atom is -0.275 e. The van der Waals surface area contributed by atoms with Crippen LogP contribution in [0.3, 0.4) is 0 Å². The maximum Gasteiger partial charge on any atom is 0.0281 e. The van der Waals surface area contributed by atoms with Gasteiger partial charge in [0.2, 0.25) is 0 Å². The Balaban J connectivity index is 0.000000172. The molecule has 4 aliphatic rings. The molecule has 0 spiro atoms. The van der Waals surface area contributed by atoms with Gasteiger partial charge in [0.25, 0.3) is 0 Å². The lowest BCUT2D eigenvalue weighted by Gasteiger charge is -2.43. The molecule has 4 aliphatic carbocycles. The molecule has 4 saturated carbocycles. The van der Waals surface area contributed by atoms with Gasteiger partial charge >= 0.3 is 0 Å². The van der Waals surface area contributed by atoms with Crippen LogP contribution in [0, 0.1) is 23.7 Å². The Morgan fingerprint density at radius 1 is 0.357 bits per heavy atom. The molecule has 4 aromatic carbocycles. The SMILES string of the molecule is CN([C@@H]1CCCC[C@H]1CC1CCCCC1)P(c1ccccc1)c1ccccc1.CN([C@H]1CCCC[C@@H]1CC1CCCCC1)P(c1ccccc1)c1ccccc1. The first-order valence-corrected chi connectivity index (χ1v) is 25.5. The second-order valence-corrected chi connectivity index (χ2v) is 22.4. The second kappa shape index (κ2) is 22.1. The zero-order valence-corrected chi connectivity index (χ0v) is 36.7. The zero-order chi connectivity index (χ0) is 38.4. The molecule has 0 radical (unpaired) electrons. The molecular formula is C52H72N2P2. The first-order valence-electron chi connectivity index (χ1n) is 22.9. The average molecular weight is 787 g/mol. The molecule has 0 amide bonds. The van der Waals surface area contributed by atoms with E-state index in [1.165, 1.54) is 150 Å². The van der Waals surface area contributed by atoms with Crippen LogP contribution in [0.15, 0.2) is 121 Å². The summed E-state index contributed by atoms with van der Waals surface area (Å²) in [6, 6.07) is 46.5. The van der Waals surface area contributed by atoms with E-state index in [-0.39, 0.29) is 0 Å². The summed E-state index contributed by atoms with van der Waals surface area (Å²) >= 11 is 0. The van der Waals surface area contributed by atoms with Crippen LogP contribution in [0.25, 0.3) is 0 Å². The van der Waals surface area contributed by atoms with E-state index < -0.39 is 16.1 Å². The van der Waals surface area contributed by atoms with Gasteiger partial charge in [0, 0.05) is 28.2 Å². The fourth-order valence-electron chi connectivity index (χ4n) is 11.2. The summed E-state index contributed by atoms with van der Waals surface area (Å²) in [5, 5.41) is 5.97. The largest absolute Gasteiger partial charge is 0.275 e. The predicted molar refractivity (Wildman–Crippen MR) is 248 cm³/mol. The number of nitrogens with zero attached hydrogens (tertiary/aromatic N) is 2. The molecule has 4 fully saturated rings. The third-order valence-corrected chi connectivity index (χ3v) is 19.1. The molecule has 0 saturated heterocycles. The Labute approximate surface area is 344 Å². The molecule has 300 valence electrons. The van der Waals surface area contributed by atoms with Gasteiger partial charge in [0.1, 0.15) is 0 Å². The third kappa shape index (κ3) is 11.4. The molecule has 4 atom stereocenters. The molecule has 0 N–H and O–H groups in total. The van der Waals surface area contributed by atoms with E-state index in [1.54, 1.807) is 0 Å². The summed E-state index contributed by atoms with van der Waals surface area (Å²) in [6.07, 6.45) is 29.1. The third-order valence-electron chi connectivity index (χ3n) is 14.1. The number of rotatable bonds is 12. The molecule has 8 rings (SSSR count). The fraction of sp³-hybridized carbons (Fsp3) is 0.538. The molecular weight excluding hydrogens is 715 g/mol. The van der Waals surface area contributed by atoms with Crippen molar-refractivity contribution >= 4 is 37.4 Å². The Kier molecular flexibility index (Phi) is 16.5. The minimum atomic E-state index is -0.451. The molecule has 0 bridgehead atoms. The monoisotopic (exact) mass is 787 g/mol. The summed E-state index contributed by atoms with van der Waals surface area (Å²) in [4.78, 5) is 0. The topological polar surface area (TPSA) is 6.48 Å². The summed E-state index contributed by atoms with van der Waals surface area (Å²) in [7, 11) is 3.95. The Bertz CT molecular complexity index is 1440. The lowest BCUT2D eigenvalue weighted by atomic mass is 9.75. The predicted octanol–water partition coefficient (Wildman–Crippen LogP) is 13.0. The second-order valence-electron chi connectivity index (χ2n) is 17.8. The van der Waals surface area contributed by atoms with E-state index in [2.05, 4.69) is 145 Å². The smallest absolute Gasteiger partial charge is 0.0281 e. The van der Waals surface area contributed by atoms with Crippen LogP contribution in [0.1, 0.15) is 128 Å². The first-order chi connectivity index (χ1) is 27.7. The van der Waals surface area contributed by atoms with Gasteiger partial charge in [-0.1, -0.05) is 211 Å². The van der Waals surface area contributed by atoms with Crippen LogP contribution in [0.2, 0.25) is 0 Å². The van der Waals surface area contributed by atoms with Crippen molar-refractivity contribution in [3.8, 4) is 0 Å². The molecule has 0 heterocycles. The van der Waals surface area contributed by atoms with Crippen LogP contribution in [-0.4, -0.2) is 35.5 Å². The molecule has 2 nitrogen and oxygen atoms in total. The van der Waals surface area contributed by atoms with E-state index in [0.717, 1.165) is 35.8 Å². The highest BCUT2D eigenvalue weighted by atomic mass is 31.1. The molecule has 0 aliphatic heterocycles. The van der Waals surface area contributed by atoms with E-state index in [4.69, 9.17) is 0 Å². The van der Waals surface area contributed by atoms with E-state index in [0.29, 0.717) is 0 Å². The highest BCUT2D eigenvalue weighted by Gasteiger charge is 2.36. The summed E-state index contributed by atoms with van der Waals surface area (Å²) in [5.74, 6) is 3.76. The normalized spacial score (nSPS) is 24.0. The average Bonchev–Trinajstić information content (AvgIpc) is 3.27. The van der Waals surface area contributed by atoms with Gasteiger partial charge in [-0.3, -0.25) is 9.34 Å². The van der Waals surface area contributed by atoms with Crippen molar-refractivity contribution in [1.82, 2.24) is 9.34 Å². The van der Waals surface area contributed by atoms with E-state index in [1.807, 2.05) is 0 Å². The van der Waals surface area contributed by atoms with Crippen molar-refractivity contribution in [2.75, 3.05) is 14.1 Å². The fourth-order valence-corrected chi connectivity index (χ4v) is 16.3. The quantitative estimate of drug-likeness (QED) is 0.132. The van der Waals surface area contributed by atoms with Crippen molar-refractivity contribution < 1.29 is 0 Å². The Morgan fingerprint density at radius 2 is 0.625 bits per heavy atom. The zero-order valence-electron chi connectivity index (χ0n) is 34.9. The Hall–Kier alpha value is -2.34. The Morgan fingerprint density at radius 3 is 0.929 bits per heavy atom. The number of benzene rings is 4. The van der Waals surface area contributed by atoms with Gasteiger partial charge in [0.05, 0.1) is 0 Å². The van der Waals surface area contributed by atoms with Gasteiger partial charge in [-0.2, -0.15) is 0 Å². The summed E-state index contributed by atoms with van der Waals surface area (Å²) in [6.45, 7) is 0. The van der Waals surface area contributed by atoms with Crippen molar-refractivity contribution in [3.63, 3.8) is 0 Å². The van der Waals surface area contributed by atoms with E-state index >= 15 is 0 Å². The summed E-state index contributed by atoms with van der Waals surface area (Å²) < 4.78 is 5.60. The molecule has 0 aromatic heterocycles. The highest BCUT2D eigenvalue weighted by Crippen LogP contribution is 2.47. The van der Waals surface area contributed by atoms with Crippen LogP contribution in [-0.2, 0) is 0 Å². The summed E-state index contributed by atoms with van der Waals surface area (Å²) in [5.41, 5.74) is 0. The molecule has 4 heteroatoms. The van der Waals surface area contributed by atoms with Gasteiger partial charge in [-0.05, 0) is 97.5 Å².